The van der Waals surface area contributed by atoms with E-state index in [2.05, 4.69) is 15.3 Å². The zero-order valence-electron chi connectivity index (χ0n) is 17.0. The van der Waals surface area contributed by atoms with Gasteiger partial charge < -0.3 is 9.36 Å². The number of benzene rings is 2. The van der Waals surface area contributed by atoms with Crippen molar-refractivity contribution >= 4 is 40.5 Å². The third kappa shape index (κ3) is 5.35. The van der Waals surface area contributed by atoms with Crippen LogP contribution in [0.15, 0.2) is 76.5 Å². The summed E-state index contributed by atoms with van der Waals surface area (Å²) in [6.07, 6.45) is -3.89. The van der Waals surface area contributed by atoms with Crippen LogP contribution < -0.4 is 0 Å². The molecule has 0 saturated carbocycles. The Kier molecular flexibility index (Phi) is 7.11. The maximum absolute atomic E-state index is 12.9. The minimum absolute atomic E-state index is 0.0118. The van der Waals surface area contributed by atoms with Gasteiger partial charge in [-0.25, -0.2) is 0 Å². The molecule has 0 saturated heterocycles. The van der Waals surface area contributed by atoms with Crippen molar-refractivity contribution in [3.05, 3.63) is 104 Å². The number of hydrogen-bond donors (Lipinski definition) is 0. The van der Waals surface area contributed by atoms with Gasteiger partial charge in [-0.2, -0.15) is 13.2 Å². The van der Waals surface area contributed by atoms with Crippen LogP contribution in [0.4, 0.5) is 13.2 Å². The number of rotatable bonds is 6. The summed E-state index contributed by atoms with van der Waals surface area (Å²) in [5.74, 6) is 0.184. The second kappa shape index (κ2) is 10.0. The molecule has 2 aromatic heterocycles. The van der Waals surface area contributed by atoms with Crippen LogP contribution in [0.2, 0.25) is 15.1 Å². The average Bonchev–Trinajstić information content (AvgIpc) is 3.28. The second-order valence-corrected chi connectivity index (χ2v) is 8.13. The Morgan fingerprint density at radius 1 is 0.941 bits per heavy atom. The van der Waals surface area contributed by atoms with E-state index in [9.17, 15) is 13.2 Å². The molecule has 0 amide bonds. The average molecular weight is 527 g/mol. The first-order valence-electron chi connectivity index (χ1n) is 9.62. The number of pyridine rings is 1. The third-order valence-electron chi connectivity index (χ3n) is 4.63. The minimum Gasteiger partial charge on any atom is -0.390 e. The molecule has 4 aromatic rings. The Bertz CT molecular complexity index is 1320. The second-order valence-electron chi connectivity index (χ2n) is 6.91. The van der Waals surface area contributed by atoms with E-state index in [1.54, 1.807) is 42.5 Å². The van der Waals surface area contributed by atoms with Gasteiger partial charge in [0.25, 0.3) is 0 Å². The van der Waals surface area contributed by atoms with E-state index >= 15 is 0 Å². The van der Waals surface area contributed by atoms with Crippen molar-refractivity contribution < 1.29 is 22.5 Å². The van der Waals surface area contributed by atoms with Crippen LogP contribution in [0.1, 0.15) is 22.5 Å². The Hall–Kier alpha value is -3.07. The SMILES string of the molecule is FC(F)(F)c1cnc(-c2cc(C(=NOCc3c(Cl)cccc3Cl)c3ccccc3)on2)c(Cl)c1. The van der Waals surface area contributed by atoms with E-state index in [0.29, 0.717) is 27.4 Å². The van der Waals surface area contributed by atoms with Crippen LogP contribution in [0, 0.1) is 0 Å². The van der Waals surface area contributed by atoms with Gasteiger partial charge >= 0.3 is 6.18 Å². The molecular formula is C23H13Cl3F3N3O2. The number of hydrogen-bond acceptors (Lipinski definition) is 5. The van der Waals surface area contributed by atoms with Gasteiger partial charge in [-0.15, -0.1) is 0 Å². The molecule has 0 radical (unpaired) electrons. The van der Waals surface area contributed by atoms with Crippen molar-refractivity contribution in [2.45, 2.75) is 12.8 Å². The molecule has 2 aromatic carbocycles. The van der Waals surface area contributed by atoms with E-state index < -0.39 is 11.7 Å². The van der Waals surface area contributed by atoms with Gasteiger partial charge in [0, 0.05) is 33.4 Å². The number of oxime groups is 1. The Labute approximate surface area is 206 Å². The highest BCUT2D eigenvalue weighted by Crippen LogP contribution is 2.34. The lowest BCUT2D eigenvalue weighted by Crippen LogP contribution is -2.05. The molecule has 0 N–H and O–H groups in total. The van der Waals surface area contributed by atoms with E-state index in [1.807, 2.05) is 6.07 Å². The van der Waals surface area contributed by atoms with Gasteiger partial charge in [-0.3, -0.25) is 4.98 Å². The first-order chi connectivity index (χ1) is 16.2. The van der Waals surface area contributed by atoms with Crippen molar-refractivity contribution in [1.82, 2.24) is 10.1 Å². The Morgan fingerprint density at radius 3 is 2.29 bits per heavy atom. The molecule has 0 spiro atoms. The molecule has 2 heterocycles. The molecule has 4 rings (SSSR count). The minimum atomic E-state index is -4.57. The molecule has 0 bridgehead atoms. The quantitative estimate of drug-likeness (QED) is 0.191. The summed E-state index contributed by atoms with van der Waals surface area (Å²) in [5, 5.41) is 8.70. The predicted octanol–water partition coefficient (Wildman–Crippen LogP) is 7.68. The predicted molar refractivity (Wildman–Crippen MR) is 123 cm³/mol. The maximum atomic E-state index is 12.9. The molecule has 0 fully saturated rings. The summed E-state index contributed by atoms with van der Waals surface area (Å²) in [7, 11) is 0. The Morgan fingerprint density at radius 2 is 1.65 bits per heavy atom. The lowest BCUT2D eigenvalue weighted by Gasteiger charge is -2.07. The van der Waals surface area contributed by atoms with Crippen molar-refractivity contribution in [2.24, 2.45) is 5.16 Å². The molecule has 0 aliphatic rings. The summed E-state index contributed by atoms with van der Waals surface area (Å²) in [4.78, 5) is 9.32. The monoisotopic (exact) mass is 525 g/mol. The smallest absolute Gasteiger partial charge is 0.390 e. The summed E-state index contributed by atoms with van der Waals surface area (Å²) < 4.78 is 44.1. The van der Waals surface area contributed by atoms with Crippen LogP contribution >= 0.6 is 34.8 Å². The normalized spacial score (nSPS) is 12.1. The van der Waals surface area contributed by atoms with E-state index in [1.165, 1.54) is 6.07 Å². The van der Waals surface area contributed by atoms with Crippen LogP contribution in [-0.2, 0) is 17.6 Å². The van der Waals surface area contributed by atoms with Crippen LogP contribution in [0.3, 0.4) is 0 Å². The summed E-state index contributed by atoms with van der Waals surface area (Å²) in [6.45, 7) is -0.0118. The summed E-state index contributed by atoms with van der Waals surface area (Å²) >= 11 is 18.4. The number of nitrogens with zero attached hydrogens (tertiary/aromatic N) is 3. The summed E-state index contributed by atoms with van der Waals surface area (Å²) in [6, 6.07) is 16.3. The van der Waals surface area contributed by atoms with Gasteiger partial charge in [-0.1, -0.05) is 81.5 Å². The molecule has 0 atom stereocenters. The van der Waals surface area contributed by atoms with Crippen LogP contribution in [0.5, 0.6) is 0 Å². The lowest BCUT2D eigenvalue weighted by atomic mass is 10.1. The molecule has 174 valence electrons. The van der Waals surface area contributed by atoms with Gasteiger partial charge in [0.15, 0.2) is 11.5 Å². The van der Waals surface area contributed by atoms with Crippen molar-refractivity contribution in [3.63, 3.8) is 0 Å². The first kappa shape index (κ1) is 24.1. The topological polar surface area (TPSA) is 60.5 Å². The lowest BCUT2D eigenvalue weighted by molar-refractivity contribution is -0.137. The highest BCUT2D eigenvalue weighted by Gasteiger charge is 2.32. The van der Waals surface area contributed by atoms with E-state index in [-0.39, 0.29) is 34.5 Å². The maximum Gasteiger partial charge on any atom is 0.417 e. The van der Waals surface area contributed by atoms with Crippen LogP contribution in [0.25, 0.3) is 11.4 Å². The van der Waals surface area contributed by atoms with Crippen molar-refractivity contribution in [1.29, 1.82) is 0 Å². The molecule has 11 heteroatoms. The largest absolute Gasteiger partial charge is 0.417 e. The fourth-order valence-electron chi connectivity index (χ4n) is 2.95. The van der Waals surface area contributed by atoms with Crippen LogP contribution in [-0.4, -0.2) is 15.9 Å². The van der Waals surface area contributed by atoms with E-state index in [4.69, 9.17) is 44.2 Å². The number of alkyl halides is 3. The Balaban J connectivity index is 1.66. The fraction of sp³-hybridized carbons (Fsp3) is 0.0870. The molecule has 5 nitrogen and oxygen atoms in total. The number of halogens is 6. The molecule has 0 aliphatic carbocycles. The first-order valence-corrected chi connectivity index (χ1v) is 10.8. The zero-order valence-corrected chi connectivity index (χ0v) is 19.3. The zero-order chi connectivity index (χ0) is 24.3. The van der Waals surface area contributed by atoms with Crippen molar-refractivity contribution in [2.75, 3.05) is 0 Å². The third-order valence-corrected chi connectivity index (χ3v) is 5.62. The van der Waals surface area contributed by atoms with Crippen molar-refractivity contribution in [3.8, 4) is 11.4 Å². The molecule has 0 aliphatic heterocycles. The molecule has 34 heavy (non-hydrogen) atoms. The summed E-state index contributed by atoms with van der Waals surface area (Å²) in [5.41, 5.74) is 0.670. The van der Waals surface area contributed by atoms with Gasteiger partial charge in [0.05, 0.1) is 10.6 Å². The highest BCUT2D eigenvalue weighted by molar-refractivity contribution is 6.36. The highest BCUT2D eigenvalue weighted by atomic mass is 35.5. The van der Waals surface area contributed by atoms with Gasteiger partial charge in [0.2, 0.25) is 0 Å². The van der Waals surface area contributed by atoms with Gasteiger partial charge in [-0.05, 0) is 18.2 Å². The fourth-order valence-corrected chi connectivity index (χ4v) is 3.72. The molecule has 0 unspecified atom stereocenters. The van der Waals surface area contributed by atoms with E-state index in [0.717, 1.165) is 6.07 Å². The standard InChI is InChI=1S/C23H13Cl3F3N3O2/c24-16-7-4-8-17(25)15(16)12-33-32-21(13-5-2-1-3-6-13)20-10-19(31-34-20)22-18(26)9-14(11-30-22)23(27,28)29/h1-11H,12H2. The number of aromatic nitrogens is 2. The molecular weight excluding hydrogens is 514 g/mol. The van der Waals surface area contributed by atoms with Gasteiger partial charge in [0.1, 0.15) is 18.0 Å².